The Morgan fingerprint density at radius 3 is 2.29 bits per heavy atom. The summed E-state index contributed by atoms with van der Waals surface area (Å²) in [5.41, 5.74) is 3.65. The van der Waals surface area contributed by atoms with Crippen molar-refractivity contribution in [1.82, 2.24) is 9.97 Å². The maximum Gasteiger partial charge on any atom is 0.175 e. The summed E-state index contributed by atoms with van der Waals surface area (Å²) in [7, 11) is 0. The summed E-state index contributed by atoms with van der Waals surface area (Å²) in [4.78, 5) is 9.05. The molecule has 0 atom stereocenters. The van der Waals surface area contributed by atoms with Crippen LogP contribution in [0.5, 0.6) is 0 Å². The van der Waals surface area contributed by atoms with Crippen LogP contribution in [0.15, 0.2) is 78.9 Å². The van der Waals surface area contributed by atoms with Crippen LogP contribution in [0.4, 0.5) is 22.9 Å². The second kappa shape index (κ2) is 8.02. The molecule has 4 aromatic rings. The van der Waals surface area contributed by atoms with Gasteiger partial charge in [-0.1, -0.05) is 36.4 Å². The molecule has 28 heavy (non-hydrogen) atoms. The second-order valence-corrected chi connectivity index (χ2v) is 6.70. The van der Waals surface area contributed by atoms with E-state index >= 15 is 0 Å². The summed E-state index contributed by atoms with van der Waals surface area (Å²) >= 11 is 5.41. The Morgan fingerprint density at radius 1 is 0.750 bits per heavy atom. The number of thiocarbonyl (C=S) groups is 1. The van der Waals surface area contributed by atoms with Gasteiger partial charge in [0.25, 0.3) is 0 Å². The van der Waals surface area contributed by atoms with Crippen LogP contribution in [-0.4, -0.2) is 15.1 Å². The molecular weight excluding hydrogens is 366 g/mol. The van der Waals surface area contributed by atoms with Gasteiger partial charge in [-0.3, -0.25) is 0 Å². The van der Waals surface area contributed by atoms with E-state index in [1.807, 2.05) is 85.8 Å². The summed E-state index contributed by atoms with van der Waals surface area (Å²) in [5, 5.41) is 11.3. The number of nitrogens with zero attached hydrogens (tertiary/aromatic N) is 2. The fourth-order valence-electron chi connectivity index (χ4n) is 2.91. The highest BCUT2D eigenvalue weighted by Crippen LogP contribution is 2.25. The standard InChI is InChI=1S/C22H19N5S/c1-15-23-20-13-6-5-12-19(20)21(24-15)25-17-10-7-11-18(14-17)27-22(28)26-16-8-3-2-4-9-16/h2-14H,1H3,(H,23,24,25)(H2,26,27,28). The van der Waals surface area contributed by atoms with E-state index in [0.717, 1.165) is 39.6 Å². The monoisotopic (exact) mass is 385 g/mol. The van der Waals surface area contributed by atoms with Crippen LogP contribution in [0.2, 0.25) is 0 Å². The first-order valence-electron chi connectivity index (χ1n) is 8.91. The molecule has 0 spiro atoms. The Hall–Kier alpha value is -3.51. The van der Waals surface area contributed by atoms with Gasteiger partial charge in [0, 0.05) is 22.4 Å². The van der Waals surface area contributed by atoms with E-state index in [1.54, 1.807) is 0 Å². The minimum Gasteiger partial charge on any atom is -0.340 e. The van der Waals surface area contributed by atoms with Gasteiger partial charge in [0.2, 0.25) is 0 Å². The minimum absolute atomic E-state index is 0.534. The topological polar surface area (TPSA) is 61.9 Å². The molecule has 6 heteroatoms. The number of benzene rings is 3. The number of para-hydroxylation sites is 2. The van der Waals surface area contributed by atoms with Crippen LogP contribution in [0.3, 0.4) is 0 Å². The lowest BCUT2D eigenvalue weighted by Gasteiger charge is -2.13. The van der Waals surface area contributed by atoms with Gasteiger partial charge in [0.05, 0.1) is 5.52 Å². The quantitative estimate of drug-likeness (QED) is 0.404. The van der Waals surface area contributed by atoms with E-state index in [0.29, 0.717) is 5.11 Å². The lowest BCUT2D eigenvalue weighted by molar-refractivity contribution is 1.09. The Kier molecular flexibility index (Phi) is 5.12. The van der Waals surface area contributed by atoms with Gasteiger partial charge in [0.15, 0.2) is 5.11 Å². The average molecular weight is 385 g/mol. The molecule has 0 fully saturated rings. The SMILES string of the molecule is Cc1nc(Nc2cccc(NC(=S)Nc3ccccc3)c2)c2ccccc2n1. The van der Waals surface area contributed by atoms with E-state index in [4.69, 9.17) is 12.2 Å². The number of nitrogens with one attached hydrogen (secondary N) is 3. The van der Waals surface area contributed by atoms with Crippen molar-refractivity contribution in [3.63, 3.8) is 0 Å². The largest absolute Gasteiger partial charge is 0.340 e. The highest BCUT2D eigenvalue weighted by atomic mass is 32.1. The van der Waals surface area contributed by atoms with Gasteiger partial charge >= 0.3 is 0 Å². The number of hydrogen-bond donors (Lipinski definition) is 3. The summed E-state index contributed by atoms with van der Waals surface area (Å²) in [6.45, 7) is 1.89. The van der Waals surface area contributed by atoms with Crippen molar-refractivity contribution in [1.29, 1.82) is 0 Å². The molecule has 0 saturated heterocycles. The fourth-order valence-corrected chi connectivity index (χ4v) is 3.15. The van der Waals surface area contributed by atoms with Gasteiger partial charge in [0.1, 0.15) is 11.6 Å². The minimum atomic E-state index is 0.534. The summed E-state index contributed by atoms with van der Waals surface area (Å²) in [6, 6.07) is 25.7. The average Bonchev–Trinajstić information content (AvgIpc) is 2.69. The van der Waals surface area contributed by atoms with Crippen LogP contribution >= 0.6 is 12.2 Å². The number of aromatic nitrogens is 2. The number of rotatable bonds is 4. The van der Waals surface area contributed by atoms with Gasteiger partial charge < -0.3 is 16.0 Å². The smallest absolute Gasteiger partial charge is 0.175 e. The number of fused-ring (bicyclic) bond motifs is 1. The maximum absolute atomic E-state index is 5.41. The normalized spacial score (nSPS) is 10.5. The highest BCUT2D eigenvalue weighted by Gasteiger charge is 2.06. The number of hydrogen-bond acceptors (Lipinski definition) is 4. The van der Waals surface area contributed by atoms with E-state index in [1.165, 1.54) is 0 Å². The van der Waals surface area contributed by atoms with Crippen molar-refractivity contribution in [2.24, 2.45) is 0 Å². The zero-order valence-electron chi connectivity index (χ0n) is 15.3. The Balaban J connectivity index is 1.52. The molecule has 0 aliphatic heterocycles. The molecule has 5 nitrogen and oxygen atoms in total. The molecule has 3 aromatic carbocycles. The molecule has 0 unspecified atom stereocenters. The van der Waals surface area contributed by atoms with Crippen molar-refractivity contribution < 1.29 is 0 Å². The zero-order valence-corrected chi connectivity index (χ0v) is 16.1. The summed E-state index contributed by atoms with van der Waals surface area (Å²) < 4.78 is 0. The lowest BCUT2D eigenvalue weighted by Crippen LogP contribution is -2.18. The number of anilines is 4. The van der Waals surface area contributed by atoms with Gasteiger partial charge in [-0.2, -0.15) is 0 Å². The molecule has 0 aliphatic carbocycles. The van der Waals surface area contributed by atoms with Crippen molar-refractivity contribution in [2.75, 3.05) is 16.0 Å². The Morgan fingerprint density at radius 2 is 1.43 bits per heavy atom. The van der Waals surface area contributed by atoms with Crippen molar-refractivity contribution in [2.45, 2.75) is 6.92 Å². The van der Waals surface area contributed by atoms with E-state index < -0.39 is 0 Å². The van der Waals surface area contributed by atoms with Crippen molar-refractivity contribution >= 4 is 51.1 Å². The van der Waals surface area contributed by atoms with Crippen LogP contribution in [0.1, 0.15) is 5.82 Å². The molecule has 0 radical (unpaired) electrons. The molecule has 0 saturated carbocycles. The highest BCUT2D eigenvalue weighted by molar-refractivity contribution is 7.80. The van der Waals surface area contributed by atoms with E-state index in [-0.39, 0.29) is 0 Å². The predicted octanol–water partition coefficient (Wildman–Crippen LogP) is 5.49. The molecule has 138 valence electrons. The van der Waals surface area contributed by atoms with Crippen LogP contribution in [-0.2, 0) is 0 Å². The first-order chi connectivity index (χ1) is 13.7. The Labute approximate surface area is 168 Å². The molecule has 4 rings (SSSR count). The molecule has 0 bridgehead atoms. The Bertz CT molecular complexity index is 1130. The molecule has 1 aromatic heterocycles. The van der Waals surface area contributed by atoms with E-state index in [9.17, 15) is 0 Å². The van der Waals surface area contributed by atoms with Gasteiger partial charge in [-0.15, -0.1) is 0 Å². The second-order valence-electron chi connectivity index (χ2n) is 6.29. The first-order valence-corrected chi connectivity index (χ1v) is 9.32. The maximum atomic E-state index is 5.41. The fraction of sp³-hybridized carbons (Fsp3) is 0.0455. The third kappa shape index (κ3) is 4.24. The van der Waals surface area contributed by atoms with Gasteiger partial charge in [-0.25, -0.2) is 9.97 Å². The lowest BCUT2D eigenvalue weighted by atomic mass is 10.2. The van der Waals surface area contributed by atoms with Crippen LogP contribution in [0.25, 0.3) is 10.9 Å². The molecule has 3 N–H and O–H groups in total. The molecule has 0 aliphatic rings. The molecule has 0 amide bonds. The van der Waals surface area contributed by atoms with Crippen molar-refractivity contribution in [3.8, 4) is 0 Å². The van der Waals surface area contributed by atoms with Gasteiger partial charge in [-0.05, 0) is 61.6 Å². The van der Waals surface area contributed by atoms with E-state index in [2.05, 4.69) is 25.9 Å². The first kappa shape index (κ1) is 17.9. The third-order valence-corrected chi connectivity index (χ3v) is 4.33. The number of aryl methyl sites for hydroxylation is 1. The summed E-state index contributed by atoms with van der Waals surface area (Å²) in [6.07, 6.45) is 0. The molecular formula is C22H19N5S. The third-order valence-electron chi connectivity index (χ3n) is 4.13. The van der Waals surface area contributed by atoms with Crippen molar-refractivity contribution in [3.05, 3.63) is 84.7 Å². The summed E-state index contributed by atoms with van der Waals surface area (Å²) in [5.74, 6) is 1.51. The van der Waals surface area contributed by atoms with Crippen LogP contribution in [0, 0.1) is 6.92 Å². The molecule has 1 heterocycles. The predicted molar refractivity (Wildman–Crippen MR) is 120 cm³/mol. The zero-order chi connectivity index (χ0) is 19.3. The van der Waals surface area contributed by atoms with Crippen LogP contribution < -0.4 is 16.0 Å².